The second kappa shape index (κ2) is 8.86. The zero-order valence-corrected chi connectivity index (χ0v) is 13.7. The van der Waals surface area contributed by atoms with Crippen molar-refractivity contribution in [2.75, 3.05) is 17.7 Å². The van der Waals surface area contributed by atoms with E-state index in [-0.39, 0.29) is 5.91 Å². The average molecular weight is 326 g/mol. The normalized spacial score (nSPS) is 9.91. The van der Waals surface area contributed by atoms with Gasteiger partial charge in [0.15, 0.2) is 0 Å². The summed E-state index contributed by atoms with van der Waals surface area (Å²) in [6, 6.07) is 17.1. The lowest BCUT2D eigenvalue weighted by atomic mass is 10.1. The third-order valence-corrected chi connectivity index (χ3v) is 4.04. The molecule has 23 heavy (non-hydrogen) atoms. The van der Waals surface area contributed by atoms with Gasteiger partial charge in [-0.25, -0.2) is 0 Å². The van der Waals surface area contributed by atoms with Crippen LogP contribution in [0.5, 0.6) is 5.75 Å². The highest BCUT2D eigenvalue weighted by Crippen LogP contribution is 2.21. The molecule has 118 valence electrons. The average Bonchev–Trinajstić information content (AvgIpc) is 2.57. The summed E-state index contributed by atoms with van der Waals surface area (Å²) in [7, 11) is 0. The Balaban J connectivity index is 1.81. The Labute approximate surface area is 140 Å². The standard InChI is InChI=1S/C18H18N2O2S/c1-2-22-16-7-9-17(10-8-16)23-13-18(21)20-15-5-3-14(4-6-15)11-12-19/h3-10H,2,11,13H2,1H3,(H,20,21). The summed E-state index contributed by atoms with van der Waals surface area (Å²) in [6.07, 6.45) is 0.377. The van der Waals surface area contributed by atoms with E-state index in [4.69, 9.17) is 10.00 Å². The van der Waals surface area contributed by atoms with Gasteiger partial charge < -0.3 is 10.1 Å². The number of thioether (sulfide) groups is 1. The molecule has 0 aliphatic carbocycles. The lowest BCUT2D eigenvalue weighted by Crippen LogP contribution is -2.13. The molecule has 0 fully saturated rings. The van der Waals surface area contributed by atoms with Crippen LogP contribution in [0, 0.1) is 11.3 Å². The molecule has 2 aromatic rings. The van der Waals surface area contributed by atoms with E-state index in [2.05, 4.69) is 11.4 Å². The molecule has 0 saturated heterocycles. The maximum atomic E-state index is 12.0. The molecule has 4 nitrogen and oxygen atoms in total. The lowest BCUT2D eigenvalue weighted by molar-refractivity contribution is -0.113. The molecule has 0 aromatic heterocycles. The van der Waals surface area contributed by atoms with Crippen LogP contribution in [0.2, 0.25) is 0 Å². The van der Waals surface area contributed by atoms with Gasteiger partial charge in [0.05, 0.1) is 24.8 Å². The first kappa shape index (κ1) is 16.9. The van der Waals surface area contributed by atoms with Crippen LogP contribution in [0.25, 0.3) is 0 Å². The molecular weight excluding hydrogens is 308 g/mol. The Morgan fingerprint density at radius 3 is 2.48 bits per heavy atom. The van der Waals surface area contributed by atoms with Gasteiger partial charge in [-0.3, -0.25) is 4.79 Å². The fourth-order valence-electron chi connectivity index (χ4n) is 1.94. The van der Waals surface area contributed by atoms with Crippen molar-refractivity contribution in [3.8, 4) is 11.8 Å². The van der Waals surface area contributed by atoms with Crippen molar-refractivity contribution in [1.29, 1.82) is 5.26 Å². The predicted octanol–water partition coefficient (Wildman–Crippen LogP) is 3.88. The van der Waals surface area contributed by atoms with Crippen molar-refractivity contribution in [3.63, 3.8) is 0 Å². The van der Waals surface area contributed by atoms with E-state index in [1.807, 2.05) is 55.5 Å². The van der Waals surface area contributed by atoms with Crippen LogP contribution >= 0.6 is 11.8 Å². The van der Waals surface area contributed by atoms with Crippen molar-refractivity contribution in [2.24, 2.45) is 0 Å². The van der Waals surface area contributed by atoms with Gasteiger partial charge in [0.25, 0.3) is 0 Å². The zero-order chi connectivity index (χ0) is 16.5. The van der Waals surface area contributed by atoms with Gasteiger partial charge in [0.2, 0.25) is 5.91 Å². The molecule has 0 unspecified atom stereocenters. The van der Waals surface area contributed by atoms with Gasteiger partial charge in [0, 0.05) is 10.6 Å². The van der Waals surface area contributed by atoms with Gasteiger partial charge in [0.1, 0.15) is 5.75 Å². The van der Waals surface area contributed by atoms with Gasteiger partial charge in [-0.1, -0.05) is 12.1 Å². The van der Waals surface area contributed by atoms with Crippen LogP contribution in [-0.4, -0.2) is 18.3 Å². The fraction of sp³-hybridized carbons (Fsp3) is 0.222. The molecule has 0 aliphatic rings. The first-order chi connectivity index (χ1) is 11.2. The largest absolute Gasteiger partial charge is 0.494 e. The highest BCUT2D eigenvalue weighted by atomic mass is 32.2. The minimum atomic E-state index is -0.0584. The summed E-state index contributed by atoms with van der Waals surface area (Å²) in [5.41, 5.74) is 1.68. The summed E-state index contributed by atoms with van der Waals surface area (Å²) >= 11 is 1.48. The Bertz CT molecular complexity index is 676. The molecule has 0 saturated carbocycles. The number of nitrogens with one attached hydrogen (secondary N) is 1. The summed E-state index contributed by atoms with van der Waals surface area (Å²) in [6.45, 7) is 2.59. The van der Waals surface area contributed by atoms with Crippen LogP contribution in [0.4, 0.5) is 5.69 Å². The van der Waals surface area contributed by atoms with Gasteiger partial charge in [-0.15, -0.1) is 11.8 Å². The number of benzene rings is 2. The van der Waals surface area contributed by atoms with Crippen LogP contribution in [-0.2, 0) is 11.2 Å². The zero-order valence-electron chi connectivity index (χ0n) is 12.9. The van der Waals surface area contributed by atoms with E-state index in [1.165, 1.54) is 11.8 Å². The SMILES string of the molecule is CCOc1ccc(SCC(=O)Nc2ccc(CC#N)cc2)cc1. The monoisotopic (exact) mass is 326 g/mol. The maximum Gasteiger partial charge on any atom is 0.234 e. The van der Waals surface area contributed by atoms with Crippen LogP contribution in [0.15, 0.2) is 53.4 Å². The number of hydrogen-bond acceptors (Lipinski definition) is 4. The number of hydrogen-bond donors (Lipinski definition) is 1. The number of amides is 1. The van der Waals surface area contributed by atoms with Crippen molar-refractivity contribution in [2.45, 2.75) is 18.2 Å². The highest BCUT2D eigenvalue weighted by Gasteiger charge is 2.04. The molecule has 0 heterocycles. The fourth-order valence-corrected chi connectivity index (χ4v) is 2.64. The molecule has 2 aromatic carbocycles. The van der Waals surface area contributed by atoms with Crippen LogP contribution < -0.4 is 10.1 Å². The Morgan fingerprint density at radius 1 is 1.17 bits per heavy atom. The van der Waals surface area contributed by atoms with Crippen molar-refractivity contribution < 1.29 is 9.53 Å². The molecule has 0 atom stereocenters. The van der Waals surface area contributed by atoms with Crippen molar-refractivity contribution >= 4 is 23.4 Å². The minimum Gasteiger partial charge on any atom is -0.494 e. The first-order valence-corrected chi connectivity index (χ1v) is 8.31. The Morgan fingerprint density at radius 2 is 1.87 bits per heavy atom. The predicted molar refractivity (Wildman–Crippen MR) is 92.7 cm³/mol. The number of nitriles is 1. The van der Waals surface area contributed by atoms with Crippen LogP contribution in [0.1, 0.15) is 12.5 Å². The quantitative estimate of drug-likeness (QED) is 0.784. The van der Waals surface area contributed by atoms with E-state index in [1.54, 1.807) is 0 Å². The summed E-state index contributed by atoms with van der Waals surface area (Å²) in [5, 5.41) is 11.5. The van der Waals surface area contributed by atoms with Gasteiger partial charge >= 0.3 is 0 Å². The first-order valence-electron chi connectivity index (χ1n) is 7.32. The van der Waals surface area contributed by atoms with E-state index >= 15 is 0 Å². The van der Waals surface area contributed by atoms with E-state index in [9.17, 15) is 4.79 Å². The molecule has 1 N–H and O–H groups in total. The van der Waals surface area contributed by atoms with E-state index in [0.29, 0.717) is 18.8 Å². The number of anilines is 1. The third-order valence-electron chi connectivity index (χ3n) is 3.03. The number of carbonyl (C=O) groups is 1. The van der Waals surface area contributed by atoms with E-state index < -0.39 is 0 Å². The third kappa shape index (κ3) is 5.68. The highest BCUT2D eigenvalue weighted by molar-refractivity contribution is 8.00. The van der Waals surface area contributed by atoms with E-state index in [0.717, 1.165) is 21.9 Å². The molecular formula is C18H18N2O2S. The second-order valence-electron chi connectivity index (χ2n) is 4.77. The van der Waals surface area contributed by atoms with Crippen molar-refractivity contribution in [1.82, 2.24) is 0 Å². The smallest absolute Gasteiger partial charge is 0.234 e. The summed E-state index contributed by atoms with van der Waals surface area (Å²) in [4.78, 5) is 13.0. The minimum absolute atomic E-state index is 0.0584. The Kier molecular flexibility index (Phi) is 6.52. The molecule has 0 bridgehead atoms. The van der Waals surface area contributed by atoms with Gasteiger partial charge in [-0.05, 0) is 48.9 Å². The molecule has 0 radical (unpaired) electrons. The molecule has 5 heteroatoms. The summed E-state index contributed by atoms with van der Waals surface area (Å²) in [5.74, 6) is 1.11. The Hall–Kier alpha value is -2.45. The number of ether oxygens (including phenoxy) is 1. The molecule has 0 spiro atoms. The lowest BCUT2D eigenvalue weighted by Gasteiger charge is -2.07. The molecule has 1 amide bonds. The number of nitrogens with zero attached hydrogens (tertiary/aromatic N) is 1. The second-order valence-corrected chi connectivity index (χ2v) is 5.82. The number of carbonyl (C=O) groups excluding carboxylic acids is 1. The maximum absolute atomic E-state index is 12.0. The van der Waals surface area contributed by atoms with Gasteiger partial charge in [-0.2, -0.15) is 5.26 Å². The van der Waals surface area contributed by atoms with Crippen molar-refractivity contribution in [3.05, 3.63) is 54.1 Å². The van der Waals surface area contributed by atoms with Crippen LogP contribution in [0.3, 0.4) is 0 Å². The topological polar surface area (TPSA) is 62.1 Å². The molecule has 0 aliphatic heterocycles. The molecule has 2 rings (SSSR count). The summed E-state index contributed by atoms with van der Waals surface area (Å²) < 4.78 is 5.38. The number of rotatable bonds is 7.